The van der Waals surface area contributed by atoms with Crippen LogP contribution in [-0.4, -0.2) is 18.6 Å². The third-order valence-corrected chi connectivity index (χ3v) is 5.96. The molecule has 0 aliphatic heterocycles. The van der Waals surface area contributed by atoms with Crippen LogP contribution in [0.2, 0.25) is 0 Å². The van der Waals surface area contributed by atoms with Gasteiger partial charge in [-0.05, 0) is 47.9 Å². The molecular weight excluding hydrogens is 443 g/mol. The number of rotatable bonds is 6. The van der Waals surface area contributed by atoms with E-state index in [1.54, 1.807) is 42.5 Å². The highest BCUT2D eigenvalue weighted by atomic mass is 32.2. The quantitative estimate of drug-likeness (QED) is 0.431. The molecule has 4 rings (SSSR count). The Hall–Kier alpha value is -3.66. The molecule has 3 aromatic carbocycles. The molecule has 10 heteroatoms. The SMILES string of the molecule is O=S(=O)(Nc1nnc(-c2ccccc2Cc2ccc(C(F)(F)F)cc2)o1)c1ccccc1. The number of hydrogen-bond donors (Lipinski definition) is 1. The van der Waals surface area contributed by atoms with Crippen LogP contribution in [0.25, 0.3) is 11.5 Å². The van der Waals surface area contributed by atoms with E-state index in [1.165, 1.54) is 24.3 Å². The average Bonchev–Trinajstić information content (AvgIpc) is 3.22. The molecule has 4 aromatic rings. The van der Waals surface area contributed by atoms with E-state index in [4.69, 9.17) is 4.42 Å². The predicted molar refractivity (Wildman–Crippen MR) is 111 cm³/mol. The lowest BCUT2D eigenvalue weighted by atomic mass is 9.99. The molecule has 0 amide bonds. The molecule has 0 aliphatic carbocycles. The molecule has 0 spiro atoms. The van der Waals surface area contributed by atoms with E-state index in [-0.39, 0.29) is 16.8 Å². The van der Waals surface area contributed by atoms with Crippen molar-refractivity contribution in [3.63, 3.8) is 0 Å². The minimum Gasteiger partial charge on any atom is -0.403 e. The Morgan fingerprint density at radius 3 is 2.19 bits per heavy atom. The molecule has 1 N–H and O–H groups in total. The third-order valence-electron chi connectivity index (χ3n) is 4.62. The first-order valence-electron chi connectivity index (χ1n) is 9.38. The van der Waals surface area contributed by atoms with Crippen LogP contribution in [0, 0.1) is 0 Å². The maximum atomic E-state index is 12.8. The second kappa shape index (κ2) is 8.46. The van der Waals surface area contributed by atoms with Gasteiger partial charge in [0.2, 0.25) is 5.89 Å². The first-order valence-corrected chi connectivity index (χ1v) is 10.9. The van der Waals surface area contributed by atoms with E-state index in [9.17, 15) is 21.6 Å². The van der Waals surface area contributed by atoms with E-state index in [2.05, 4.69) is 14.9 Å². The van der Waals surface area contributed by atoms with E-state index >= 15 is 0 Å². The number of hydrogen-bond acceptors (Lipinski definition) is 5. The van der Waals surface area contributed by atoms with Crippen LogP contribution in [0.3, 0.4) is 0 Å². The van der Waals surface area contributed by atoms with Crippen molar-refractivity contribution >= 4 is 16.0 Å². The molecule has 0 aliphatic rings. The zero-order valence-electron chi connectivity index (χ0n) is 16.4. The first-order chi connectivity index (χ1) is 15.2. The Morgan fingerprint density at radius 2 is 1.50 bits per heavy atom. The van der Waals surface area contributed by atoms with Gasteiger partial charge in [0.05, 0.1) is 10.5 Å². The molecule has 0 radical (unpaired) electrons. The van der Waals surface area contributed by atoms with Gasteiger partial charge in [-0.2, -0.15) is 13.2 Å². The molecule has 0 saturated heterocycles. The van der Waals surface area contributed by atoms with Crippen LogP contribution in [0.5, 0.6) is 0 Å². The van der Waals surface area contributed by atoms with Gasteiger partial charge in [-0.25, -0.2) is 13.1 Å². The zero-order valence-corrected chi connectivity index (χ0v) is 17.2. The molecule has 0 bridgehead atoms. The highest BCUT2D eigenvalue weighted by Gasteiger charge is 2.30. The Morgan fingerprint density at radius 1 is 0.844 bits per heavy atom. The van der Waals surface area contributed by atoms with Crippen LogP contribution < -0.4 is 4.72 Å². The average molecular weight is 459 g/mol. The number of benzene rings is 3. The summed E-state index contributed by atoms with van der Waals surface area (Å²) in [5.41, 5.74) is 1.22. The molecule has 1 aromatic heterocycles. The number of anilines is 1. The van der Waals surface area contributed by atoms with Crippen molar-refractivity contribution in [2.24, 2.45) is 0 Å². The lowest BCUT2D eigenvalue weighted by molar-refractivity contribution is -0.137. The Balaban J connectivity index is 1.57. The standard InChI is InChI=1S/C22H16F3N3O3S/c23-22(24,25)17-12-10-15(11-13-17)14-16-6-4-5-9-19(16)20-26-27-21(31-20)28-32(29,30)18-7-2-1-3-8-18/h1-13H,14H2,(H,27,28). The Bertz CT molecular complexity index is 1320. The van der Waals surface area contributed by atoms with Crippen molar-refractivity contribution in [1.29, 1.82) is 0 Å². The Kier molecular flexibility index (Phi) is 5.70. The van der Waals surface area contributed by atoms with Gasteiger partial charge < -0.3 is 4.42 Å². The summed E-state index contributed by atoms with van der Waals surface area (Å²) in [5.74, 6) is 0.0817. The number of sulfonamides is 1. The molecule has 0 atom stereocenters. The summed E-state index contributed by atoms with van der Waals surface area (Å²) < 4.78 is 71.0. The third kappa shape index (κ3) is 4.80. The monoisotopic (exact) mass is 459 g/mol. The van der Waals surface area contributed by atoms with E-state index < -0.39 is 21.8 Å². The highest BCUT2D eigenvalue weighted by molar-refractivity contribution is 7.92. The summed E-state index contributed by atoms with van der Waals surface area (Å²) in [5, 5.41) is 7.68. The van der Waals surface area contributed by atoms with Crippen LogP contribution in [0.4, 0.5) is 19.2 Å². The molecule has 0 unspecified atom stereocenters. The number of halogens is 3. The molecular formula is C22H16F3N3O3S. The lowest BCUT2D eigenvalue weighted by Gasteiger charge is -2.09. The molecule has 6 nitrogen and oxygen atoms in total. The van der Waals surface area contributed by atoms with Crippen molar-refractivity contribution in [2.45, 2.75) is 17.5 Å². The largest absolute Gasteiger partial charge is 0.416 e. The van der Waals surface area contributed by atoms with Gasteiger partial charge in [-0.3, -0.25) is 0 Å². The minimum absolute atomic E-state index is 0.0439. The summed E-state index contributed by atoms with van der Waals surface area (Å²) in [4.78, 5) is 0.0439. The second-order valence-electron chi connectivity index (χ2n) is 6.86. The summed E-state index contributed by atoms with van der Waals surface area (Å²) >= 11 is 0. The first kappa shape index (κ1) is 21.6. The summed E-state index contributed by atoms with van der Waals surface area (Å²) in [6.45, 7) is 0. The van der Waals surface area contributed by atoms with Crippen molar-refractivity contribution < 1.29 is 26.0 Å². The highest BCUT2D eigenvalue weighted by Crippen LogP contribution is 2.30. The Labute approximate surface area is 181 Å². The van der Waals surface area contributed by atoms with Crippen molar-refractivity contribution in [2.75, 3.05) is 4.72 Å². The van der Waals surface area contributed by atoms with Gasteiger partial charge in [0.1, 0.15) is 0 Å². The lowest BCUT2D eigenvalue weighted by Crippen LogP contribution is -2.12. The number of aromatic nitrogens is 2. The van der Waals surface area contributed by atoms with E-state index in [0.29, 0.717) is 17.5 Å². The normalized spacial score (nSPS) is 12.0. The second-order valence-corrected chi connectivity index (χ2v) is 8.54. The van der Waals surface area contributed by atoms with Crippen LogP contribution in [0.15, 0.2) is 88.2 Å². The van der Waals surface area contributed by atoms with Gasteiger partial charge >= 0.3 is 12.2 Å². The predicted octanol–water partition coefficient (Wildman–Crippen LogP) is 5.15. The maximum absolute atomic E-state index is 12.8. The van der Waals surface area contributed by atoms with Gasteiger partial charge in [-0.15, -0.1) is 5.10 Å². The maximum Gasteiger partial charge on any atom is 0.416 e. The summed E-state index contributed by atoms with van der Waals surface area (Å²) in [6.07, 6.45) is -4.08. The van der Waals surface area contributed by atoms with Crippen LogP contribution in [0.1, 0.15) is 16.7 Å². The van der Waals surface area contributed by atoms with Gasteiger partial charge in [0, 0.05) is 5.56 Å². The number of nitrogens with zero attached hydrogens (tertiary/aromatic N) is 2. The van der Waals surface area contributed by atoms with E-state index in [0.717, 1.165) is 17.7 Å². The van der Waals surface area contributed by atoms with Gasteiger partial charge in [0.15, 0.2) is 0 Å². The number of nitrogens with one attached hydrogen (secondary N) is 1. The summed E-state index contributed by atoms with van der Waals surface area (Å²) in [6, 6.07) is 19.3. The molecule has 0 fully saturated rings. The smallest absolute Gasteiger partial charge is 0.403 e. The topological polar surface area (TPSA) is 85.1 Å². The zero-order chi connectivity index (χ0) is 22.8. The molecule has 164 valence electrons. The van der Waals surface area contributed by atoms with Crippen LogP contribution in [-0.2, 0) is 22.6 Å². The number of alkyl halides is 3. The fraction of sp³-hybridized carbons (Fsp3) is 0.0909. The minimum atomic E-state index is -4.40. The van der Waals surface area contributed by atoms with E-state index in [1.807, 2.05) is 0 Å². The fourth-order valence-electron chi connectivity index (χ4n) is 3.06. The molecule has 1 heterocycles. The van der Waals surface area contributed by atoms with Crippen LogP contribution >= 0.6 is 0 Å². The van der Waals surface area contributed by atoms with Gasteiger partial charge in [0.25, 0.3) is 10.0 Å². The van der Waals surface area contributed by atoms with Gasteiger partial charge in [-0.1, -0.05) is 53.6 Å². The van der Waals surface area contributed by atoms with Crippen molar-refractivity contribution in [3.05, 3.63) is 95.6 Å². The summed E-state index contributed by atoms with van der Waals surface area (Å²) in [7, 11) is -3.90. The molecule has 0 saturated carbocycles. The van der Waals surface area contributed by atoms with Crippen molar-refractivity contribution in [3.8, 4) is 11.5 Å². The fourth-order valence-corrected chi connectivity index (χ4v) is 4.01. The molecule has 32 heavy (non-hydrogen) atoms. The van der Waals surface area contributed by atoms with Crippen molar-refractivity contribution in [1.82, 2.24) is 10.2 Å².